The van der Waals surface area contributed by atoms with E-state index in [0.29, 0.717) is 13.0 Å². The van der Waals surface area contributed by atoms with Crippen molar-refractivity contribution in [1.82, 2.24) is 4.98 Å². The van der Waals surface area contributed by atoms with Crippen LogP contribution >= 0.6 is 11.3 Å². The maximum Gasteiger partial charge on any atom is 0.140 e. The minimum Gasteiger partial charge on any atom is -0.497 e. The van der Waals surface area contributed by atoms with Gasteiger partial charge in [-0.15, -0.1) is 11.3 Å². The molecule has 0 radical (unpaired) electrons. The van der Waals surface area contributed by atoms with Crippen molar-refractivity contribution in [2.24, 2.45) is 0 Å². The van der Waals surface area contributed by atoms with Gasteiger partial charge in [-0.25, -0.2) is 4.98 Å². The predicted octanol–water partition coefficient (Wildman–Crippen LogP) is 3.11. The Kier molecular flexibility index (Phi) is 4.37. The van der Waals surface area contributed by atoms with Crippen LogP contribution in [-0.4, -0.2) is 12.1 Å². The second-order valence-electron chi connectivity index (χ2n) is 3.92. The summed E-state index contributed by atoms with van der Waals surface area (Å²) >= 11 is 1.53. The Bertz CT molecular complexity index is 584. The zero-order chi connectivity index (χ0) is 13.7. The van der Waals surface area contributed by atoms with Crippen LogP contribution in [0.4, 0.5) is 0 Å². The summed E-state index contributed by atoms with van der Waals surface area (Å²) in [5.74, 6) is 1.57. The Morgan fingerprint density at radius 2 is 1.95 bits per heavy atom. The fourth-order valence-electron chi connectivity index (χ4n) is 1.60. The first-order valence-electron chi connectivity index (χ1n) is 5.82. The average molecular weight is 274 g/mol. The van der Waals surface area contributed by atoms with Gasteiger partial charge in [0.05, 0.1) is 25.3 Å². The van der Waals surface area contributed by atoms with Crippen LogP contribution in [0.5, 0.6) is 11.5 Å². The molecule has 0 spiro atoms. The molecule has 0 bridgehead atoms. The van der Waals surface area contributed by atoms with Crippen molar-refractivity contribution in [3.63, 3.8) is 0 Å². The molecule has 0 unspecified atom stereocenters. The van der Waals surface area contributed by atoms with E-state index in [1.807, 2.05) is 31.2 Å². The summed E-state index contributed by atoms with van der Waals surface area (Å²) in [7, 11) is 1.63. The van der Waals surface area contributed by atoms with Gasteiger partial charge in [0.25, 0.3) is 0 Å². The highest BCUT2D eigenvalue weighted by Gasteiger charge is 2.07. The molecule has 2 rings (SSSR count). The lowest BCUT2D eigenvalue weighted by molar-refractivity contribution is 0.304. The van der Waals surface area contributed by atoms with Crippen molar-refractivity contribution >= 4 is 11.3 Å². The van der Waals surface area contributed by atoms with Crippen LogP contribution in [0.15, 0.2) is 24.3 Å². The van der Waals surface area contributed by atoms with E-state index < -0.39 is 0 Å². The van der Waals surface area contributed by atoms with Gasteiger partial charge in [0, 0.05) is 4.88 Å². The molecular weight excluding hydrogens is 260 g/mol. The number of nitriles is 1. The molecule has 0 aliphatic heterocycles. The molecule has 0 fully saturated rings. The normalized spacial score (nSPS) is 9.95. The van der Waals surface area contributed by atoms with E-state index in [9.17, 15) is 0 Å². The molecule has 0 aliphatic rings. The summed E-state index contributed by atoms with van der Waals surface area (Å²) in [6.07, 6.45) is 0.409. The number of hydrogen-bond acceptors (Lipinski definition) is 5. The van der Waals surface area contributed by atoms with E-state index in [0.717, 1.165) is 27.1 Å². The van der Waals surface area contributed by atoms with Crippen molar-refractivity contribution < 1.29 is 9.47 Å². The van der Waals surface area contributed by atoms with Gasteiger partial charge in [-0.05, 0) is 31.2 Å². The number of ether oxygens (including phenoxy) is 2. The summed E-state index contributed by atoms with van der Waals surface area (Å²) in [4.78, 5) is 5.41. The third-order valence-electron chi connectivity index (χ3n) is 2.60. The van der Waals surface area contributed by atoms with Gasteiger partial charge in [0.2, 0.25) is 0 Å². The first-order valence-corrected chi connectivity index (χ1v) is 6.63. The molecule has 4 nitrogen and oxygen atoms in total. The van der Waals surface area contributed by atoms with Gasteiger partial charge in [-0.1, -0.05) is 0 Å². The monoisotopic (exact) mass is 274 g/mol. The largest absolute Gasteiger partial charge is 0.497 e. The van der Waals surface area contributed by atoms with Crippen molar-refractivity contribution in [2.45, 2.75) is 20.0 Å². The van der Waals surface area contributed by atoms with E-state index in [1.54, 1.807) is 7.11 Å². The SMILES string of the molecule is COc1ccc(OCc2nc(C)c(CC#N)s2)cc1. The Morgan fingerprint density at radius 3 is 2.58 bits per heavy atom. The zero-order valence-corrected chi connectivity index (χ0v) is 11.7. The number of methoxy groups -OCH3 is 1. The number of hydrogen-bond donors (Lipinski definition) is 0. The number of nitrogens with zero attached hydrogens (tertiary/aromatic N) is 2. The van der Waals surface area contributed by atoms with Gasteiger partial charge in [0.15, 0.2) is 0 Å². The lowest BCUT2D eigenvalue weighted by Gasteiger charge is -2.04. The zero-order valence-electron chi connectivity index (χ0n) is 10.8. The predicted molar refractivity (Wildman–Crippen MR) is 73.5 cm³/mol. The number of rotatable bonds is 5. The Balaban J connectivity index is 1.98. The maximum atomic E-state index is 8.70. The molecule has 1 aromatic carbocycles. The summed E-state index contributed by atoms with van der Waals surface area (Å²) in [5.41, 5.74) is 0.917. The van der Waals surface area contributed by atoms with Crippen LogP contribution in [-0.2, 0) is 13.0 Å². The van der Waals surface area contributed by atoms with Crippen LogP contribution in [0.3, 0.4) is 0 Å². The molecule has 0 saturated carbocycles. The Hall–Kier alpha value is -2.06. The quantitative estimate of drug-likeness (QED) is 0.840. The second kappa shape index (κ2) is 6.21. The minimum atomic E-state index is 0.409. The number of thiazole rings is 1. The van der Waals surface area contributed by atoms with Gasteiger partial charge in [0.1, 0.15) is 23.1 Å². The summed E-state index contributed by atoms with van der Waals surface area (Å²) in [6, 6.07) is 9.56. The van der Waals surface area contributed by atoms with Crippen molar-refractivity contribution in [3.05, 3.63) is 39.8 Å². The highest BCUT2D eigenvalue weighted by Crippen LogP contribution is 2.22. The van der Waals surface area contributed by atoms with Gasteiger partial charge in [-0.3, -0.25) is 0 Å². The maximum absolute atomic E-state index is 8.70. The molecule has 0 atom stereocenters. The summed E-state index contributed by atoms with van der Waals surface area (Å²) < 4.78 is 10.7. The summed E-state index contributed by atoms with van der Waals surface area (Å²) in [6.45, 7) is 2.34. The van der Waals surface area contributed by atoms with Crippen molar-refractivity contribution in [2.75, 3.05) is 7.11 Å². The smallest absolute Gasteiger partial charge is 0.140 e. The van der Waals surface area contributed by atoms with Crippen LogP contribution in [0.25, 0.3) is 0 Å². The lowest BCUT2D eigenvalue weighted by atomic mass is 10.3. The van der Waals surface area contributed by atoms with Crippen LogP contribution in [0.2, 0.25) is 0 Å². The third kappa shape index (κ3) is 3.46. The fraction of sp³-hybridized carbons (Fsp3) is 0.286. The molecular formula is C14H14N2O2S. The highest BCUT2D eigenvalue weighted by molar-refractivity contribution is 7.11. The highest BCUT2D eigenvalue weighted by atomic mass is 32.1. The van der Waals surface area contributed by atoms with Crippen LogP contribution in [0.1, 0.15) is 15.6 Å². The molecule has 0 saturated heterocycles. The number of aromatic nitrogens is 1. The van der Waals surface area contributed by atoms with Crippen molar-refractivity contribution in [1.29, 1.82) is 5.26 Å². The molecule has 19 heavy (non-hydrogen) atoms. The first-order chi connectivity index (χ1) is 9.22. The lowest BCUT2D eigenvalue weighted by Crippen LogP contribution is -1.94. The van der Waals surface area contributed by atoms with Gasteiger partial charge < -0.3 is 9.47 Å². The molecule has 5 heteroatoms. The Morgan fingerprint density at radius 1 is 1.26 bits per heavy atom. The van der Waals surface area contributed by atoms with E-state index >= 15 is 0 Å². The molecule has 0 aliphatic carbocycles. The second-order valence-corrected chi connectivity index (χ2v) is 5.08. The molecule has 0 amide bonds. The topological polar surface area (TPSA) is 55.1 Å². The molecule has 0 N–H and O–H groups in total. The molecule has 2 aromatic rings. The van der Waals surface area contributed by atoms with Gasteiger partial charge in [-0.2, -0.15) is 5.26 Å². The molecule has 1 heterocycles. The number of benzene rings is 1. The summed E-state index contributed by atoms with van der Waals surface area (Å²) in [5, 5.41) is 9.58. The van der Waals surface area contributed by atoms with E-state index in [4.69, 9.17) is 14.7 Å². The van der Waals surface area contributed by atoms with Crippen LogP contribution in [0, 0.1) is 18.3 Å². The van der Waals surface area contributed by atoms with Crippen molar-refractivity contribution in [3.8, 4) is 17.6 Å². The third-order valence-corrected chi connectivity index (χ3v) is 3.73. The molecule has 98 valence electrons. The first kappa shape index (κ1) is 13.4. The van der Waals surface area contributed by atoms with E-state index in [2.05, 4.69) is 11.1 Å². The van der Waals surface area contributed by atoms with Gasteiger partial charge >= 0.3 is 0 Å². The van der Waals surface area contributed by atoms with E-state index in [1.165, 1.54) is 11.3 Å². The van der Waals surface area contributed by atoms with Crippen LogP contribution < -0.4 is 9.47 Å². The Labute approximate surface area is 116 Å². The minimum absolute atomic E-state index is 0.409. The number of aryl methyl sites for hydroxylation is 1. The molecule has 1 aromatic heterocycles. The fourth-order valence-corrected chi connectivity index (χ4v) is 2.52. The van der Waals surface area contributed by atoms with E-state index in [-0.39, 0.29) is 0 Å². The standard InChI is InChI=1S/C14H14N2O2S/c1-10-13(7-8-15)19-14(16-10)9-18-12-5-3-11(17-2)4-6-12/h3-6H,7,9H2,1-2H3. The average Bonchev–Trinajstić information content (AvgIpc) is 2.78.